The largest absolute Gasteiger partial charge is 0.396 e. The summed E-state index contributed by atoms with van der Waals surface area (Å²) in [4.78, 5) is 10.8. The van der Waals surface area contributed by atoms with E-state index >= 15 is 0 Å². The number of hydrogen-bond acceptors (Lipinski definition) is 4. The topological polar surface area (TPSA) is 89.8 Å². The first kappa shape index (κ1) is 11.4. The van der Waals surface area contributed by atoms with Gasteiger partial charge in [-0.2, -0.15) is 0 Å². The number of carbonyl (C=O) groups excluding carboxylic acids is 1. The van der Waals surface area contributed by atoms with Gasteiger partial charge in [-0.3, -0.25) is 4.79 Å². The van der Waals surface area contributed by atoms with Crippen LogP contribution in [0, 0.1) is 5.92 Å². The Kier molecular flexibility index (Phi) is 3.86. The van der Waals surface area contributed by atoms with Crippen LogP contribution < -0.4 is 5.32 Å². The van der Waals surface area contributed by atoms with Gasteiger partial charge in [0.1, 0.15) is 0 Å². The van der Waals surface area contributed by atoms with Gasteiger partial charge in [-0.1, -0.05) is 0 Å². The summed E-state index contributed by atoms with van der Waals surface area (Å²) in [6, 6.07) is -0.602. The number of nitrogens with one attached hydrogen (secondary N) is 1. The fourth-order valence-electron chi connectivity index (χ4n) is 1.91. The van der Waals surface area contributed by atoms with Crippen molar-refractivity contribution in [1.82, 2.24) is 5.32 Å². The van der Waals surface area contributed by atoms with E-state index in [2.05, 4.69) is 5.32 Å². The first-order valence-electron chi connectivity index (χ1n) is 4.78. The minimum absolute atomic E-state index is 0.0408. The second-order valence-electron chi connectivity index (χ2n) is 3.88. The summed E-state index contributed by atoms with van der Waals surface area (Å²) in [6.07, 6.45) is -0.726. The van der Waals surface area contributed by atoms with Crippen LogP contribution in [0.2, 0.25) is 0 Å². The van der Waals surface area contributed by atoms with E-state index in [1.165, 1.54) is 6.92 Å². The highest BCUT2D eigenvalue weighted by Gasteiger charge is 2.35. The van der Waals surface area contributed by atoms with Crippen LogP contribution >= 0.6 is 0 Å². The molecule has 1 aliphatic carbocycles. The molecule has 4 N–H and O–H groups in total. The molecule has 1 rings (SSSR count). The predicted molar refractivity (Wildman–Crippen MR) is 49.4 cm³/mol. The molecule has 0 aromatic rings. The molecule has 0 aromatic heterocycles. The van der Waals surface area contributed by atoms with Crippen molar-refractivity contribution >= 4 is 5.91 Å². The van der Waals surface area contributed by atoms with Crippen molar-refractivity contribution in [2.45, 2.75) is 38.0 Å². The number of aliphatic hydroxyl groups excluding tert-OH is 3. The Morgan fingerprint density at radius 3 is 2.21 bits per heavy atom. The molecule has 1 fully saturated rings. The van der Waals surface area contributed by atoms with E-state index in [1.54, 1.807) is 0 Å². The number of hydrogen-bond donors (Lipinski definition) is 4. The highest BCUT2D eigenvalue weighted by molar-refractivity contribution is 5.73. The molecule has 2 unspecified atom stereocenters. The summed E-state index contributed by atoms with van der Waals surface area (Å²) in [7, 11) is 0. The van der Waals surface area contributed by atoms with Crippen molar-refractivity contribution in [1.29, 1.82) is 0 Å². The maximum absolute atomic E-state index is 10.8. The standard InChI is InChI=1S/C9H17NO4/c1-5(12)10-9-7(13)2-6(4-11)3-8(9)14/h6-9,11,13-14H,2-4H2,1H3,(H,10,12). The molecule has 0 aliphatic heterocycles. The van der Waals surface area contributed by atoms with Crippen molar-refractivity contribution in [3.63, 3.8) is 0 Å². The maximum atomic E-state index is 10.8. The minimum atomic E-state index is -0.778. The lowest BCUT2D eigenvalue weighted by Gasteiger charge is -2.36. The molecule has 0 radical (unpaired) electrons. The molecule has 0 spiro atoms. The van der Waals surface area contributed by atoms with Gasteiger partial charge in [-0.05, 0) is 18.8 Å². The average Bonchev–Trinajstić information content (AvgIpc) is 2.10. The van der Waals surface area contributed by atoms with Crippen molar-refractivity contribution < 1.29 is 20.1 Å². The molecule has 5 nitrogen and oxygen atoms in total. The van der Waals surface area contributed by atoms with E-state index in [9.17, 15) is 15.0 Å². The smallest absolute Gasteiger partial charge is 0.217 e. The summed E-state index contributed by atoms with van der Waals surface area (Å²) < 4.78 is 0. The molecular formula is C9H17NO4. The van der Waals surface area contributed by atoms with Crippen LogP contribution in [0.15, 0.2) is 0 Å². The van der Waals surface area contributed by atoms with Gasteiger partial charge in [0.05, 0.1) is 18.2 Å². The van der Waals surface area contributed by atoms with E-state index in [0.29, 0.717) is 12.8 Å². The van der Waals surface area contributed by atoms with Gasteiger partial charge in [0.2, 0.25) is 5.91 Å². The zero-order chi connectivity index (χ0) is 10.7. The van der Waals surface area contributed by atoms with E-state index in [4.69, 9.17) is 5.11 Å². The molecule has 1 aliphatic rings. The van der Waals surface area contributed by atoms with Crippen molar-refractivity contribution in [2.24, 2.45) is 5.92 Å². The van der Waals surface area contributed by atoms with Crippen molar-refractivity contribution in [3.8, 4) is 0 Å². The first-order valence-corrected chi connectivity index (χ1v) is 4.78. The molecule has 1 saturated carbocycles. The van der Waals surface area contributed by atoms with Gasteiger partial charge in [-0.25, -0.2) is 0 Å². The Morgan fingerprint density at radius 2 is 1.86 bits per heavy atom. The molecule has 82 valence electrons. The molecule has 0 aromatic carbocycles. The predicted octanol–water partition coefficient (Wildman–Crippen LogP) is -1.38. The zero-order valence-corrected chi connectivity index (χ0v) is 8.18. The molecule has 2 atom stereocenters. The molecule has 14 heavy (non-hydrogen) atoms. The Bertz CT molecular complexity index is 197. The van der Waals surface area contributed by atoms with Crippen LogP contribution in [0.1, 0.15) is 19.8 Å². The van der Waals surface area contributed by atoms with E-state index in [0.717, 1.165) is 0 Å². The van der Waals surface area contributed by atoms with Gasteiger partial charge in [0.15, 0.2) is 0 Å². The highest BCUT2D eigenvalue weighted by atomic mass is 16.3. The van der Waals surface area contributed by atoms with Crippen LogP contribution in [0.25, 0.3) is 0 Å². The number of amides is 1. The van der Waals surface area contributed by atoms with Crippen LogP contribution in [0.5, 0.6) is 0 Å². The zero-order valence-electron chi connectivity index (χ0n) is 8.18. The second-order valence-corrected chi connectivity index (χ2v) is 3.88. The summed E-state index contributed by atoms with van der Waals surface area (Å²) in [5.74, 6) is -0.347. The molecule has 0 bridgehead atoms. The third-order valence-corrected chi connectivity index (χ3v) is 2.61. The number of aliphatic hydroxyl groups is 3. The van der Waals surface area contributed by atoms with E-state index in [-0.39, 0.29) is 18.4 Å². The fraction of sp³-hybridized carbons (Fsp3) is 0.889. The van der Waals surface area contributed by atoms with Crippen molar-refractivity contribution in [3.05, 3.63) is 0 Å². The minimum Gasteiger partial charge on any atom is -0.396 e. The van der Waals surface area contributed by atoms with Crippen LogP contribution in [0.3, 0.4) is 0 Å². The molecule has 0 saturated heterocycles. The van der Waals surface area contributed by atoms with Gasteiger partial charge in [0, 0.05) is 13.5 Å². The summed E-state index contributed by atoms with van der Waals surface area (Å²) in [6.45, 7) is 1.30. The highest BCUT2D eigenvalue weighted by Crippen LogP contribution is 2.24. The lowest BCUT2D eigenvalue weighted by atomic mass is 9.82. The summed E-state index contributed by atoms with van der Waals surface area (Å²) >= 11 is 0. The van der Waals surface area contributed by atoms with Gasteiger partial charge < -0.3 is 20.6 Å². The SMILES string of the molecule is CC(=O)NC1C(O)CC(CO)CC1O. The average molecular weight is 203 g/mol. The Balaban J connectivity index is 2.55. The number of rotatable bonds is 2. The normalized spacial score (nSPS) is 38.0. The maximum Gasteiger partial charge on any atom is 0.217 e. The Morgan fingerprint density at radius 1 is 1.36 bits per heavy atom. The summed E-state index contributed by atoms with van der Waals surface area (Å²) in [5.41, 5.74) is 0. The van der Waals surface area contributed by atoms with Gasteiger partial charge in [0.25, 0.3) is 0 Å². The van der Waals surface area contributed by atoms with E-state index in [1.807, 2.05) is 0 Å². The lowest BCUT2D eigenvalue weighted by molar-refractivity contribution is -0.123. The third kappa shape index (κ3) is 2.67. The quantitative estimate of drug-likeness (QED) is 0.445. The monoisotopic (exact) mass is 203 g/mol. The molecular weight excluding hydrogens is 186 g/mol. The summed E-state index contributed by atoms with van der Waals surface area (Å²) in [5, 5.41) is 30.6. The van der Waals surface area contributed by atoms with E-state index < -0.39 is 18.2 Å². The Labute approximate surface area is 82.7 Å². The molecule has 1 amide bonds. The fourth-order valence-corrected chi connectivity index (χ4v) is 1.91. The first-order chi connectivity index (χ1) is 6.54. The number of carbonyl (C=O) groups is 1. The Hall–Kier alpha value is -0.650. The second kappa shape index (κ2) is 4.72. The van der Waals surface area contributed by atoms with Gasteiger partial charge >= 0.3 is 0 Å². The van der Waals surface area contributed by atoms with Crippen molar-refractivity contribution in [2.75, 3.05) is 6.61 Å². The lowest BCUT2D eigenvalue weighted by Crippen LogP contribution is -2.54. The third-order valence-electron chi connectivity index (χ3n) is 2.61. The van der Waals surface area contributed by atoms with Gasteiger partial charge in [-0.15, -0.1) is 0 Å². The van der Waals surface area contributed by atoms with Crippen LogP contribution in [-0.4, -0.2) is 46.1 Å². The molecule has 5 heteroatoms. The van der Waals surface area contributed by atoms with Crippen LogP contribution in [-0.2, 0) is 4.79 Å². The molecule has 0 heterocycles. The van der Waals surface area contributed by atoms with Crippen LogP contribution in [0.4, 0.5) is 0 Å².